The fraction of sp³-hybridized carbons (Fsp3) is 0.538. The summed E-state index contributed by atoms with van der Waals surface area (Å²) < 4.78 is 5.17. The minimum Gasteiger partial charge on any atom is -0.504 e. The van der Waals surface area contributed by atoms with E-state index in [0.29, 0.717) is 5.75 Å². The second-order valence-electron chi connectivity index (χ2n) is 4.79. The summed E-state index contributed by atoms with van der Waals surface area (Å²) in [5.41, 5.74) is 2.21. The van der Waals surface area contributed by atoms with E-state index >= 15 is 0 Å². The maximum Gasteiger partial charge on any atom is 0.161 e. The summed E-state index contributed by atoms with van der Waals surface area (Å²) in [6.07, 6.45) is 0.812. The van der Waals surface area contributed by atoms with Crippen molar-refractivity contribution < 1.29 is 9.84 Å². The lowest BCUT2D eigenvalue weighted by Gasteiger charge is -2.21. The van der Waals surface area contributed by atoms with Gasteiger partial charge in [0.15, 0.2) is 11.5 Å². The van der Waals surface area contributed by atoms with Crippen LogP contribution in [0.3, 0.4) is 0 Å². The maximum absolute atomic E-state index is 9.85. The summed E-state index contributed by atoms with van der Waals surface area (Å²) in [4.78, 5) is 0. The highest BCUT2D eigenvalue weighted by molar-refractivity contribution is 5.50. The standard InChI is InChI=1S/C13H20O2/c1-6-9-7-10(13(2,3)4)8-11(15-5)12(9)14/h7-8,14H,6H2,1-5H3. The normalized spacial score (nSPS) is 11.5. The fourth-order valence-corrected chi connectivity index (χ4v) is 1.52. The SMILES string of the molecule is CCc1cc(C(C)(C)C)cc(OC)c1O. The molecule has 1 rings (SSSR count). The molecular weight excluding hydrogens is 188 g/mol. The number of phenols is 1. The Hall–Kier alpha value is -1.18. The molecule has 0 aliphatic heterocycles. The third-order valence-electron chi connectivity index (χ3n) is 2.62. The van der Waals surface area contributed by atoms with Crippen molar-refractivity contribution in [2.24, 2.45) is 0 Å². The molecule has 0 amide bonds. The van der Waals surface area contributed by atoms with E-state index < -0.39 is 0 Å². The Bertz CT molecular complexity index is 323. The van der Waals surface area contributed by atoms with E-state index in [1.165, 1.54) is 5.56 Å². The largest absolute Gasteiger partial charge is 0.504 e. The Morgan fingerprint density at radius 2 is 1.87 bits per heavy atom. The molecule has 0 saturated carbocycles. The molecule has 1 N–H and O–H groups in total. The summed E-state index contributed by atoms with van der Waals surface area (Å²) in [5.74, 6) is 0.840. The molecule has 2 heteroatoms. The molecule has 0 aliphatic rings. The van der Waals surface area contributed by atoms with E-state index in [2.05, 4.69) is 26.8 Å². The molecular formula is C13H20O2. The molecule has 0 saturated heterocycles. The zero-order valence-corrected chi connectivity index (χ0v) is 10.2. The summed E-state index contributed by atoms with van der Waals surface area (Å²) in [6, 6.07) is 3.96. The zero-order valence-electron chi connectivity index (χ0n) is 10.2. The van der Waals surface area contributed by atoms with Gasteiger partial charge in [0, 0.05) is 0 Å². The van der Waals surface area contributed by atoms with E-state index in [1.54, 1.807) is 7.11 Å². The third kappa shape index (κ3) is 2.44. The number of methoxy groups -OCH3 is 1. The molecule has 1 aromatic carbocycles. The van der Waals surface area contributed by atoms with Crippen LogP contribution >= 0.6 is 0 Å². The Kier molecular flexibility index (Phi) is 3.28. The average molecular weight is 208 g/mol. The molecule has 0 heterocycles. The highest BCUT2D eigenvalue weighted by Gasteiger charge is 2.18. The highest BCUT2D eigenvalue weighted by atomic mass is 16.5. The van der Waals surface area contributed by atoms with Gasteiger partial charge < -0.3 is 9.84 Å². The lowest BCUT2D eigenvalue weighted by atomic mass is 9.85. The second kappa shape index (κ2) is 4.13. The summed E-state index contributed by atoms with van der Waals surface area (Å²) >= 11 is 0. The van der Waals surface area contributed by atoms with Gasteiger partial charge in [0.1, 0.15) is 0 Å². The minimum atomic E-state index is 0.0743. The molecule has 0 aromatic heterocycles. The molecule has 15 heavy (non-hydrogen) atoms. The van der Waals surface area contributed by atoms with Gasteiger partial charge in [-0.05, 0) is 29.0 Å². The van der Waals surface area contributed by atoms with Crippen molar-refractivity contribution in [2.45, 2.75) is 39.5 Å². The number of aromatic hydroxyl groups is 1. The van der Waals surface area contributed by atoms with E-state index in [-0.39, 0.29) is 11.2 Å². The predicted molar refractivity (Wildman–Crippen MR) is 62.7 cm³/mol. The lowest BCUT2D eigenvalue weighted by molar-refractivity contribution is 0.369. The van der Waals surface area contributed by atoms with Gasteiger partial charge in [-0.1, -0.05) is 33.8 Å². The van der Waals surface area contributed by atoms with Crippen molar-refractivity contribution in [2.75, 3.05) is 7.11 Å². The van der Waals surface area contributed by atoms with Crippen molar-refractivity contribution in [3.63, 3.8) is 0 Å². The predicted octanol–water partition coefficient (Wildman–Crippen LogP) is 3.26. The van der Waals surface area contributed by atoms with Crippen molar-refractivity contribution in [3.8, 4) is 11.5 Å². The van der Waals surface area contributed by atoms with Crippen LogP contribution in [0.1, 0.15) is 38.8 Å². The number of rotatable bonds is 2. The summed E-state index contributed by atoms with van der Waals surface area (Å²) in [6.45, 7) is 8.48. The average Bonchev–Trinajstić information content (AvgIpc) is 2.16. The summed E-state index contributed by atoms with van der Waals surface area (Å²) in [5, 5.41) is 9.85. The molecule has 0 fully saturated rings. The number of hydrogen-bond acceptors (Lipinski definition) is 2. The van der Waals surface area contributed by atoms with Gasteiger partial charge in [-0.25, -0.2) is 0 Å². The van der Waals surface area contributed by atoms with Gasteiger partial charge in [-0.15, -0.1) is 0 Å². The third-order valence-corrected chi connectivity index (χ3v) is 2.62. The first-order chi connectivity index (χ1) is 6.90. The zero-order chi connectivity index (χ0) is 11.6. The van der Waals surface area contributed by atoms with Crippen LogP contribution < -0.4 is 4.74 Å². The Labute approximate surface area is 91.9 Å². The number of hydrogen-bond donors (Lipinski definition) is 1. The van der Waals surface area contributed by atoms with Crippen LogP contribution in [-0.2, 0) is 11.8 Å². The first kappa shape index (κ1) is 11.9. The molecule has 0 aliphatic carbocycles. The number of phenolic OH excluding ortho intramolecular Hbond substituents is 1. The molecule has 0 bridgehead atoms. The quantitative estimate of drug-likeness (QED) is 0.808. The molecule has 0 unspecified atom stereocenters. The Morgan fingerprint density at radius 3 is 2.27 bits per heavy atom. The van der Waals surface area contributed by atoms with Gasteiger partial charge in [0.05, 0.1) is 7.11 Å². The molecule has 0 radical (unpaired) electrons. The van der Waals surface area contributed by atoms with Crippen LogP contribution in [0.25, 0.3) is 0 Å². The highest BCUT2D eigenvalue weighted by Crippen LogP contribution is 2.35. The van der Waals surface area contributed by atoms with E-state index in [9.17, 15) is 5.11 Å². The Balaban J connectivity index is 3.33. The van der Waals surface area contributed by atoms with Gasteiger partial charge in [-0.3, -0.25) is 0 Å². The van der Waals surface area contributed by atoms with Gasteiger partial charge in [-0.2, -0.15) is 0 Å². The topological polar surface area (TPSA) is 29.5 Å². The van der Waals surface area contributed by atoms with Crippen LogP contribution in [0.4, 0.5) is 0 Å². The molecule has 0 spiro atoms. The van der Waals surface area contributed by atoms with Gasteiger partial charge >= 0.3 is 0 Å². The smallest absolute Gasteiger partial charge is 0.161 e. The summed E-state index contributed by atoms with van der Waals surface area (Å²) in [7, 11) is 1.58. The molecule has 84 valence electrons. The van der Waals surface area contributed by atoms with Gasteiger partial charge in [0.2, 0.25) is 0 Å². The molecule has 2 nitrogen and oxygen atoms in total. The van der Waals surface area contributed by atoms with Crippen LogP contribution in [0.15, 0.2) is 12.1 Å². The second-order valence-corrected chi connectivity index (χ2v) is 4.79. The van der Waals surface area contributed by atoms with Crippen LogP contribution in [0, 0.1) is 0 Å². The lowest BCUT2D eigenvalue weighted by Crippen LogP contribution is -2.11. The first-order valence-corrected chi connectivity index (χ1v) is 5.30. The van der Waals surface area contributed by atoms with Crippen LogP contribution in [0.5, 0.6) is 11.5 Å². The molecule has 1 aromatic rings. The number of ether oxygens (including phenoxy) is 1. The van der Waals surface area contributed by atoms with Crippen molar-refractivity contribution in [1.29, 1.82) is 0 Å². The van der Waals surface area contributed by atoms with E-state index in [0.717, 1.165) is 12.0 Å². The van der Waals surface area contributed by atoms with E-state index in [1.807, 2.05) is 13.0 Å². The number of benzene rings is 1. The maximum atomic E-state index is 9.85. The van der Waals surface area contributed by atoms with Crippen LogP contribution in [-0.4, -0.2) is 12.2 Å². The van der Waals surface area contributed by atoms with E-state index in [4.69, 9.17) is 4.74 Å². The minimum absolute atomic E-state index is 0.0743. The first-order valence-electron chi connectivity index (χ1n) is 5.30. The fourth-order valence-electron chi connectivity index (χ4n) is 1.52. The van der Waals surface area contributed by atoms with Gasteiger partial charge in [0.25, 0.3) is 0 Å². The molecule has 0 atom stereocenters. The van der Waals surface area contributed by atoms with Crippen molar-refractivity contribution >= 4 is 0 Å². The monoisotopic (exact) mass is 208 g/mol. The van der Waals surface area contributed by atoms with Crippen LogP contribution in [0.2, 0.25) is 0 Å². The number of aryl methyl sites for hydroxylation is 1. The Morgan fingerprint density at radius 1 is 1.27 bits per heavy atom. The van der Waals surface area contributed by atoms with Crippen molar-refractivity contribution in [3.05, 3.63) is 23.3 Å². The van der Waals surface area contributed by atoms with Crippen molar-refractivity contribution in [1.82, 2.24) is 0 Å².